The Hall–Kier alpha value is -3.09. The van der Waals surface area contributed by atoms with Crippen LogP contribution in [0.15, 0.2) is 48.7 Å². The number of carbonyl (C=O) groups is 1. The molecule has 7 heteroatoms. The first-order chi connectivity index (χ1) is 13.7. The number of pyridine rings is 1. The number of alkyl halides is 3. The van der Waals surface area contributed by atoms with Gasteiger partial charge in [-0.25, -0.2) is 0 Å². The van der Waals surface area contributed by atoms with E-state index in [0.717, 1.165) is 35.6 Å². The van der Waals surface area contributed by atoms with Crippen molar-refractivity contribution in [1.82, 2.24) is 10.3 Å². The summed E-state index contributed by atoms with van der Waals surface area (Å²) in [5.74, 6) is -0.311. The number of fused-ring (bicyclic) bond motifs is 1. The first-order valence-electron chi connectivity index (χ1n) is 9.31. The maximum absolute atomic E-state index is 12.9. The van der Waals surface area contributed by atoms with Gasteiger partial charge in [-0.15, -0.1) is 0 Å². The predicted molar refractivity (Wildman–Crippen MR) is 108 cm³/mol. The number of benzene rings is 2. The molecule has 1 aromatic heterocycles. The van der Waals surface area contributed by atoms with Gasteiger partial charge in [-0.05, 0) is 67.4 Å². The van der Waals surface area contributed by atoms with Crippen LogP contribution in [0.1, 0.15) is 47.1 Å². The summed E-state index contributed by atoms with van der Waals surface area (Å²) in [6.45, 7) is 6.60. The Morgan fingerprint density at radius 1 is 1.10 bits per heavy atom. The molecule has 4 nitrogen and oxygen atoms in total. The molecule has 0 saturated carbocycles. The second-order valence-corrected chi connectivity index (χ2v) is 6.92. The molecule has 0 saturated heterocycles. The summed E-state index contributed by atoms with van der Waals surface area (Å²) < 4.78 is 38.6. The van der Waals surface area contributed by atoms with Gasteiger partial charge in [-0.1, -0.05) is 12.1 Å². The van der Waals surface area contributed by atoms with Crippen LogP contribution < -0.4 is 10.6 Å². The summed E-state index contributed by atoms with van der Waals surface area (Å²) in [6.07, 6.45) is -2.65. The van der Waals surface area contributed by atoms with Gasteiger partial charge in [0.2, 0.25) is 0 Å². The van der Waals surface area contributed by atoms with Crippen LogP contribution in [0, 0.1) is 6.92 Å². The Kier molecular flexibility index (Phi) is 5.77. The molecular formula is C22H22F3N3O. The summed E-state index contributed by atoms with van der Waals surface area (Å²) in [7, 11) is 0. The van der Waals surface area contributed by atoms with Gasteiger partial charge in [0.05, 0.1) is 29.2 Å². The molecule has 152 valence electrons. The van der Waals surface area contributed by atoms with E-state index in [1.54, 1.807) is 12.3 Å². The van der Waals surface area contributed by atoms with Crippen molar-refractivity contribution in [3.8, 4) is 0 Å². The number of aromatic nitrogens is 1. The number of hydrogen-bond donors (Lipinski definition) is 2. The summed E-state index contributed by atoms with van der Waals surface area (Å²) in [4.78, 5) is 17.0. The van der Waals surface area contributed by atoms with E-state index in [4.69, 9.17) is 0 Å². The molecule has 1 heterocycles. The number of aryl methyl sites for hydroxylation is 1. The normalized spacial score (nSPS) is 12.6. The fourth-order valence-electron chi connectivity index (χ4n) is 3.11. The highest BCUT2D eigenvalue weighted by molar-refractivity contribution is 5.98. The molecule has 3 rings (SSSR count). The van der Waals surface area contributed by atoms with Gasteiger partial charge in [-0.3, -0.25) is 9.78 Å². The van der Waals surface area contributed by atoms with Crippen LogP contribution in [0.25, 0.3) is 10.8 Å². The Morgan fingerprint density at radius 3 is 2.45 bits per heavy atom. The van der Waals surface area contributed by atoms with Crippen LogP contribution in [0.5, 0.6) is 0 Å². The summed E-state index contributed by atoms with van der Waals surface area (Å²) in [6, 6.07) is 9.72. The number of halogens is 3. The highest BCUT2D eigenvalue weighted by atomic mass is 19.4. The average Bonchev–Trinajstić information content (AvgIpc) is 2.68. The second kappa shape index (κ2) is 8.11. The molecule has 29 heavy (non-hydrogen) atoms. The number of anilines is 1. The first kappa shape index (κ1) is 20.6. The fraction of sp³-hybridized carbons (Fsp3) is 0.273. The SMILES string of the molecule is CCNc1cnc([C@@H](C)NC(=O)c2ccc3cc(C(F)(F)F)ccc3c2)cc1C. The molecule has 1 atom stereocenters. The summed E-state index contributed by atoms with van der Waals surface area (Å²) in [5, 5.41) is 7.11. The zero-order valence-electron chi connectivity index (χ0n) is 16.4. The summed E-state index contributed by atoms with van der Waals surface area (Å²) in [5.41, 5.74) is 2.38. The highest BCUT2D eigenvalue weighted by Crippen LogP contribution is 2.31. The maximum Gasteiger partial charge on any atom is 0.416 e. The van der Waals surface area contributed by atoms with E-state index < -0.39 is 11.7 Å². The van der Waals surface area contributed by atoms with E-state index in [0.29, 0.717) is 16.3 Å². The smallest absolute Gasteiger partial charge is 0.384 e. The van der Waals surface area contributed by atoms with Crippen molar-refractivity contribution in [2.75, 3.05) is 11.9 Å². The van der Waals surface area contributed by atoms with Gasteiger partial charge >= 0.3 is 6.18 Å². The lowest BCUT2D eigenvalue weighted by molar-refractivity contribution is -0.137. The van der Waals surface area contributed by atoms with Crippen LogP contribution in [0.4, 0.5) is 18.9 Å². The van der Waals surface area contributed by atoms with E-state index in [9.17, 15) is 18.0 Å². The van der Waals surface area contributed by atoms with Crippen molar-refractivity contribution < 1.29 is 18.0 Å². The zero-order valence-corrected chi connectivity index (χ0v) is 16.4. The van der Waals surface area contributed by atoms with Crippen molar-refractivity contribution in [3.05, 3.63) is 71.0 Å². The van der Waals surface area contributed by atoms with Crippen molar-refractivity contribution >= 4 is 22.4 Å². The number of rotatable bonds is 5. The molecule has 0 radical (unpaired) electrons. The maximum atomic E-state index is 12.9. The van der Waals surface area contributed by atoms with Crippen molar-refractivity contribution in [2.24, 2.45) is 0 Å². The minimum atomic E-state index is -4.40. The van der Waals surface area contributed by atoms with Gasteiger partial charge in [0.1, 0.15) is 0 Å². The average molecular weight is 401 g/mol. The van der Waals surface area contributed by atoms with Crippen LogP contribution in [0.2, 0.25) is 0 Å². The number of nitrogens with zero attached hydrogens (tertiary/aromatic N) is 1. The Balaban J connectivity index is 1.77. The Labute approximate surface area is 167 Å². The quantitative estimate of drug-likeness (QED) is 0.595. The molecule has 0 aliphatic carbocycles. The third-order valence-corrected chi connectivity index (χ3v) is 4.72. The van der Waals surface area contributed by atoms with E-state index in [1.807, 2.05) is 26.8 Å². The monoisotopic (exact) mass is 401 g/mol. The molecule has 0 bridgehead atoms. The van der Waals surface area contributed by atoms with Crippen LogP contribution >= 0.6 is 0 Å². The number of nitrogens with one attached hydrogen (secondary N) is 2. The number of hydrogen-bond acceptors (Lipinski definition) is 3. The van der Waals surface area contributed by atoms with Crippen LogP contribution in [-0.4, -0.2) is 17.4 Å². The standard InChI is InChI=1S/C22H22F3N3O/c1-4-26-20-12-27-19(9-13(20)2)14(3)28-21(29)17-6-5-16-11-18(22(23,24)25)8-7-15(16)10-17/h5-12,14,26H,4H2,1-3H3,(H,28,29)/t14-/m1/s1. The molecule has 2 N–H and O–H groups in total. The lowest BCUT2D eigenvalue weighted by atomic mass is 10.0. The number of amides is 1. The lowest BCUT2D eigenvalue weighted by Crippen LogP contribution is -2.27. The van der Waals surface area contributed by atoms with Crippen LogP contribution in [0.3, 0.4) is 0 Å². The topological polar surface area (TPSA) is 54.0 Å². The molecule has 0 aliphatic rings. The predicted octanol–water partition coefficient (Wildman–Crippen LogP) is 5.48. The van der Waals surface area contributed by atoms with Gasteiger partial charge in [0.25, 0.3) is 5.91 Å². The minimum Gasteiger partial charge on any atom is -0.384 e. The third kappa shape index (κ3) is 4.67. The number of carbonyl (C=O) groups excluding carboxylic acids is 1. The molecule has 0 spiro atoms. The van der Waals surface area contributed by atoms with Crippen molar-refractivity contribution in [3.63, 3.8) is 0 Å². The minimum absolute atomic E-state index is 0.311. The molecule has 0 unspecified atom stereocenters. The van der Waals surface area contributed by atoms with Crippen molar-refractivity contribution in [1.29, 1.82) is 0 Å². The Bertz CT molecular complexity index is 1050. The van der Waals surface area contributed by atoms with Gasteiger partial charge in [-0.2, -0.15) is 13.2 Å². The molecule has 0 aliphatic heterocycles. The van der Waals surface area contributed by atoms with E-state index in [1.165, 1.54) is 18.2 Å². The fourth-order valence-corrected chi connectivity index (χ4v) is 3.11. The third-order valence-electron chi connectivity index (χ3n) is 4.72. The highest BCUT2D eigenvalue weighted by Gasteiger charge is 2.30. The molecule has 2 aromatic carbocycles. The molecule has 0 fully saturated rings. The van der Waals surface area contributed by atoms with Crippen LogP contribution in [-0.2, 0) is 6.18 Å². The largest absolute Gasteiger partial charge is 0.416 e. The van der Waals surface area contributed by atoms with Crippen molar-refractivity contribution in [2.45, 2.75) is 33.0 Å². The lowest BCUT2D eigenvalue weighted by Gasteiger charge is -2.16. The van der Waals surface area contributed by atoms with E-state index in [2.05, 4.69) is 15.6 Å². The molecule has 1 amide bonds. The second-order valence-electron chi connectivity index (χ2n) is 6.92. The molecule has 3 aromatic rings. The first-order valence-corrected chi connectivity index (χ1v) is 9.31. The van der Waals surface area contributed by atoms with Gasteiger partial charge < -0.3 is 10.6 Å². The molecular weight excluding hydrogens is 379 g/mol. The van der Waals surface area contributed by atoms with E-state index >= 15 is 0 Å². The van der Waals surface area contributed by atoms with Gasteiger partial charge in [0.15, 0.2) is 0 Å². The van der Waals surface area contributed by atoms with E-state index in [-0.39, 0.29) is 11.9 Å². The zero-order chi connectivity index (χ0) is 21.2. The summed E-state index contributed by atoms with van der Waals surface area (Å²) >= 11 is 0. The Morgan fingerprint density at radius 2 is 1.79 bits per heavy atom. The van der Waals surface area contributed by atoms with Gasteiger partial charge in [0, 0.05) is 12.1 Å².